The zero-order valence-electron chi connectivity index (χ0n) is 11.2. The van der Waals surface area contributed by atoms with Gasteiger partial charge in [0, 0.05) is 32.8 Å². The molecule has 0 radical (unpaired) electrons. The molecule has 1 aromatic heterocycles. The Bertz CT molecular complexity index is 497. The van der Waals surface area contributed by atoms with Crippen LogP contribution in [0.25, 0.3) is 0 Å². The molecule has 5 heteroatoms. The van der Waals surface area contributed by atoms with Crippen molar-refractivity contribution < 1.29 is 9.59 Å². The lowest BCUT2D eigenvalue weighted by atomic mass is 9.86. The van der Waals surface area contributed by atoms with Crippen LogP contribution in [-0.2, 0) is 4.79 Å². The van der Waals surface area contributed by atoms with Crippen molar-refractivity contribution in [1.82, 2.24) is 14.8 Å². The lowest BCUT2D eigenvalue weighted by Crippen LogP contribution is -2.56. The third-order valence-corrected chi connectivity index (χ3v) is 4.56. The van der Waals surface area contributed by atoms with Gasteiger partial charge in [0.2, 0.25) is 5.91 Å². The number of carbonyl (C=O) groups is 2. The van der Waals surface area contributed by atoms with E-state index in [-0.39, 0.29) is 17.4 Å². The number of hydrogen-bond acceptors (Lipinski definition) is 2. The van der Waals surface area contributed by atoms with Gasteiger partial charge in [-0.2, -0.15) is 0 Å². The van der Waals surface area contributed by atoms with Gasteiger partial charge in [0.25, 0.3) is 5.91 Å². The number of rotatable bonds is 1. The highest BCUT2D eigenvalue weighted by Gasteiger charge is 2.46. The van der Waals surface area contributed by atoms with Gasteiger partial charge in [-0.3, -0.25) is 9.59 Å². The van der Waals surface area contributed by atoms with E-state index < -0.39 is 0 Å². The van der Waals surface area contributed by atoms with Crippen molar-refractivity contribution in [2.75, 3.05) is 20.1 Å². The van der Waals surface area contributed by atoms with Gasteiger partial charge in [-0.15, -0.1) is 0 Å². The van der Waals surface area contributed by atoms with E-state index in [1.165, 1.54) is 0 Å². The van der Waals surface area contributed by atoms with Crippen molar-refractivity contribution in [3.63, 3.8) is 0 Å². The Morgan fingerprint density at radius 1 is 1.42 bits per heavy atom. The second kappa shape index (κ2) is 4.40. The minimum Gasteiger partial charge on any atom is -0.357 e. The first-order chi connectivity index (χ1) is 9.12. The van der Waals surface area contributed by atoms with Crippen molar-refractivity contribution in [1.29, 1.82) is 0 Å². The smallest absolute Gasteiger partial charge is 0.270 e. The Balaban J connectivity index is 1.79. The second-order valence-electron chi connectivity index (χ2n) is 5.59. The van der Waals surface area contributed by atoms with Gasteiger partial charge in [-0.05, 0) is 31.4 Å². The van der Waals surface area contributed by atoms with E-state index in [1.807, 2.05) is 22.9 Å². The van der Waals surface area contributed by atoms with E-state index in [9.17, 15) is 9.59 Å². The van der Waals surface area contributed by atoms with Crippen LogP contribution in [0.2, 0.25) is 0 Å². The minimum absolute atomic E-state index is 0.0387. The molecule has 2 saturated heterocycles. The average Bonchev–Trinajstić information content (AvgIpc) is 3.04. The molecular weight excluding hydrogens is 242 g/mol. The van der Waals surface area contributed by atoms with E-state index >= 15 is 0 Å². The third kappa shape index (κ3) is 1.93. The summed E-state index contributed by atoms with van der Waals surface area (Å²) >= 11 is 0. The van der Waals surface area contributed by atoms with Crippen molar-refractivity contribution >= 4 is 11.8 Å². The SMILES string of the molecule is CN1C(=O)CCC12CCCN(C(=O)c1ccc[nH]1)C2. The summed E-state index contributed by atoms with van der Waals surface area (Å²) in [5.41, 5.74) is 0.501. The number of amides is 2. The predicted octanol–water partition coefficient (Wildman–Crippen LogP) is 1.24. The Hall–Kier alpha value is -1.78. The summed E-state index contributed by atoms with van der Waals surface area (Å²) in [5, 5.41) is 0. The van der Waals surface area contributed by atoms with Crippen LogP contribution < -0.4 is 0 Å². The van der Waals surface area contributed by atoms with Gasteiger partial charge in [0.05, 0.1) is 5.54 Å². The molecular formula is C14H19N3O2. The maximum Gasteiger partial charge on any atom is 0.270 e. The normalized spacial score (nSPS) is 27.3. The standard InChI is InChI=1S/C14H19N3O2/c1-16-12(18)5-7-14(16)6-3-9-17(10-14)13(19)11-4-2-8-15-11/h2,4,8,15H,3,5-7,9-10H2,1H3. The maximum absolute atomic E-state index is 12.4. The zero-order chi connectivity index (χ0) is 13.5. The highest BCUT2D eigenvalue weighted by atomic mass is 16.2. The van der Waals surface area contributed by atoms with Crippen LogP contribution in [0, 0.1) is 0 Å². The van der Waals surface area contributed by atoms with Gasteiger partial charge < -0.3 is 14.8 Å². The Morgan fingerprint density at radius 2 is 2.26 bits per heavy atom. The summed E-state index contributed by atoms with van der Waals surface area (Å²) < 4.78 is 0. The first-order valence-electron chi connectivity index (χ1n) is 6.82. The van der Waals surface area contributed by atoms with Crippen molar-refractivity contribution in [3.05, 3.63) is 24.0 Å². The number of likely N-dealkylation sites (tertiary alicyclic amines) is 2. The topological polar surface area (TPSA) is 56.4 Å². The largest absolute Gasteiger partial charge is 0.357 e. The van der Waals surface area contributed by atoms with E-state index in [0.29, 0.717) is 18.7 Å². The minimum atomic E-state index is -0.127. The van der Waals surface area contributed by atoms with Crippen LogP contribution in [0.1, 0.15) is 36.2 Å². The molecule has 1 N–H and O–H groups in total. The molecule has 1 aromatic rings. The van der Waals surface area contributed by atoms with Gasteiger partial charge in [0.1, 0.15) is 5.69 Å². The van der Waals surface area contributed by atoms with E-state index in [4.69, 9.17) is 0 Å². The lowest BCUT2D eigenvalue weighted by Gasteiger charge is -2.44. The van der Waals surface area contributed by atoms with Gasteiger partial charge >= 0.3 is 0 Å². The maximum atomic E-state index is 12.4. The number of aromatic nitrogens is 1. The molecule has 102 valence electrons. The van der Waals surface area contributed by atoms with Gasteiger partial charge in [0.15, 0.2) is 0 Å². The quantitative estimate of drug-likeness (QED) is 0.827. The number of aromatic amines is 1. The third-order valence-electron chi connectivity index (χ3n) is 4.56. The summed E-state index contributed by atoms with van der Waals surface area (Å²) in [6.45, 7) is 1.44. The molecule has 2 aliphatic rings. The number of nitrogens with zero attached hydrogens (tertiary/aromatic N) is 2. The fourth-order valence-electron chi connectivity index (χ4n) is 3.34. The number of nitrogens with one attached hydrogen (secondary N) is 1. The molecule has 3 rings (SSSR count). The summed E-state index contributed by atoms with van der Waals surface area (Å²) in [4.78, 5) is 30.9. The summed E-state index contributed by atoms with van der Waals surface area (Å²) in [7, 11) is 1.87. The van der Waals surface area contributed by atoms with Crippen molar-refractivity contribution in [2.24, 2.45) is 0 Å². The van der Waals surface area contributed by atoms with Gasteiger partial charge in [-0.25, -0.2) is 0 Å². The number of hydrogen-bond donors (Lipinski definition) is 1. The van der Waals surface area contributed by atoms with Crippen LogP contribution >= 0.6 is 0 Å². The first-order valence-corrected chi connectivity index (χ1v) is 6.82. The molecule has 1 spiro atoms. The second-order valence-corrected chi connectivity index (χ2v) is 5.59. The molecule has 1 atom stereocenters. The fraction of sp³-hybridized carbons (Fsp3) is 0.571. The molecule has 1 unspecified atom stereocenters. The zero-order valence-corrected chi connectivity index (χ0v) is 11.2. The summed E-state index contributed by atoms with van der Waals surface area (Å²) in [6.07, 6.45) is 5.21. The molecule has 2 fully saturated rings. The molecule has 2 amide bonds. The summed E-state index contributed by atoms with van der Waals surface area (Å²) in [6, 6.07) is 3.63. The monoisotopic (exact) mass is 261 g/mol. The fourth-order valence-corrected chi connectivity index (χ4v) is 3.34. The van der Waals surface area contributed by atoms with Crippen LogP contribution in [0.3, 0.4) is 0 Å². The number of piperidine rings is 1. The number of H-pyrrole nitrogens is 1. The number of likely N-dealkylation sites (N-methyl/N-ethyl adjacent to an activating group) is 1. The van der Waals surface area contributed by atoms with Crippen LogP contribution in [-0.4, -0.2) is 52.3 Å². The highest BCUT2D eigenvalue weighted by molar-refractivity contribution is 5.92. The van der Waals surface area contributed by atoms with E-state index in [0.717, 1.165) is 25.8 Å². The Kier molecular flexibility index (Phi) is 2.84. The molecule has 0 aromatic carbocycles. The molecule has 0 aliphatic carbocycles. The molecule has 2 aliphatic heterocycles. The first kappa shape index (κ1) is 12.3. The van der Waals surface area contributed by atoms with E-state index in [1.54, 1.807) is 12.3 Å². The van der Waals surface area contributed by atoms with Crippen LogP contribution in [0.5, 0.6) is 0 Å². The molecule has 0 bridgehead atoms. The highest BCUT2D eigenvalue weighted by Crippen LogP contribution is 2.36. The lowest BCUT2D eigenvalue weighted by molar-refractivity contribution is -0.130. The Labute approximate surface area is 112 Å². The molecule has 0 saturated carbocycles. The Morgan fingerprint density at radius 3 is 2.89 bits per heavy atom. The molecule has 3 heterocycles. The molecule has 19 heavy (non-hydrogen) atoms. The number of carbonyl (C=O) groups excluding carboxylic acids is 2. The predicted molar refractivity (Wildman–Crippen MR) is 70.7 cm³/mol. The van der Waals surface area contributed by atoms with Crippen molar-refractivity contribution in [3.8, 4) is 0 Å². The van der Waals surface area contributed by atoms with Gasteiger partial charge in [-0.1, -0.05) is 0 Å². The van der Waals surface area contributed by atoms with Crippen LogP contribution in [0.15, 0.2) is 18.3 Å². The van der Waals surface area contributed by atoms with Crippen molar-refractivity contribution in [2.45, 2.75) is 31.2 Å². The average molecular weight is 261 g/mol. The van der Waals surface area contributed by atoms with E-state index in [2.05, 4.69) is 4.98 Å². The van der Waals surface area contributed by atoms with Crippen LogP contribution in [0.4, 0.5) is 0 Å². The summed E-state index contributed by atoms with van der Waals surface area (Å²) in [5.74, 6) is 0.242. The molecule has 5 nitrogen and oxygen atoms in total.